The molecule has 0 saturated heterocycles. The van der Waals surface area contributed by atoms with E-state index < -0.39 is 61.5 Å². The average molecular weight is 400 g/mol. The molecule has 10 heteroatoms. The summed E-state index contributed by atoms with van der Waals surface area (Å²) in [7, 11) is 0. The third-order valence-corrected chi connectivity index (χ3v) is 3.28. The van der Waals surface area contributed by atoms with Crippen LogP contribution < -0.4 is 0 Å². The summed E-state index contributed by atoms with van der Waals surface area (Å²) in [4.78, 5) is 56.6. The zero-order valence-corrected chi connectivity index (χ0v) is 15.6. The molecule has 0 unspecified atom stereocenters. The highest BCUT2D eigenvalue weighted by atomic mass is 16.6. The summed E-state index contributed by atoms with van der Waals surface area (Å²) in [6.45, 7) is 6.37. The first-order valence-corrected chi connectivity index (χ1v) is 8.29. The normalized spacial score (nSPS) is 10.3. The van der Waals surface area contributed by atoms with Crippen molar-refractivity contribution in [2.45, 2.75) is 26.2 Å². The van der Waals surface area contributed by atoms with Crippen LogP contribution in [0.15, 0.2) is 25.3 Å². The Labute approximate surface area is 162 Å². The number of hydrogen-bond donors (Lipinski definition) is 1. The highest BCUT2D eigenvalue weighted by Crippen LogP contribution is 2.22. The number of aliphatic carboxylic acids is 1. The lowest BCUT2D eigenvalue weighted by atomic mass is 9.92. The van der Waals surface area contributed by atoms with Crippen LogP contribution in [0.4, 0.5) is 0 Å². The van der Waals surface area contributed by atoms with E-state index in [-0.39, 0.29) is 19.4 Å². The molecule has 1 N–H and O–H groups in total. The molecule has 0 rings (SSSR count). The molecule has 0 saturated carbocycles. The molecule has 0 aliphatic heterocycles. The van der Waals surface area contributed by atoms with E-state index in [1.165, 1.54) is 0 Å². The summed E-state index contributed by atoms with van der Waals surface area (Å²) in [6, 6.07) is 0. The van der Waals surface area contributed by atoms with Gasteiger partial charge in [-0.2, -0.15) is 0 Å². The van der Waals surface area contributed by atoms with Gasteiger partial charge in [0.1, 0.15) is 31.8 Å². The molecule has 0 spiro atoms. The molecule has 0 aliphatic carbocycles. The SMILES string of the molecule is C=CC(=O)OCC(COC(=O)C=C)(COC(=O)CC)COC(=O)CCC(=O)O. The molecule has 0 aromatic carbocycles. The van der Waals surface area contributed by atoms with E-state index >= 15 is 0 Å². The van der Waals surface area contributed by atoms with Gasteiger partial charge in [-0.1, -0.05) is 20.1 Å². The Morgan fingerprint density at radius 1 is 0.786 bits per heavy atom. The Morgan fingerprint density at radius 3 is 1.61 bits per heavy atom. The summed E-state index contributed by atoms with van der Waals surface area (Å²) in [6.07, 6.45) is 1.04. The number of carboxylic acids is 1. The van der Waals surface area contributed by atoms with E-state index in [4.69, 9.17) is 24.1 Å². The number of rotatable bonds is 14. The quantitative estimate of drug-likeness (QED) is 0.252. The second kappa shape index (κ2) is 13.1. The molecule has 0 heterocycles. The fourth-order valence-electron chi connectivity index (χ4n) is 1.67. The van der Waals surface area contributed by atoms with Gasteiger partial charge in [-0.15, -0.1) is 0 Å². The standard InChI is InChI=1S/C18H24O10/c1-4-14(21)25-9-18(10-26-15(22)5-2,11-27-16(23)6-3)12-28-17(24)8-7-13(19)20/h4-5H,1-2,6-12H2,3H3,(H,19,20). The van der Waals surface area contributed by atoms with Crippen molar-refractivity contribution in [3.05, 3.63) is 25.3 Å². The predicted octanol–water partition coefficient (Wildman–Crippen LogP) is 0.792. The van der Waals surface area contributed by atoms with Crippen LogP contribution in [-0.2, 0) is 42.9 Å². The molecular weight excluding hydrogens is 376 g/mol. The van der Waals surface area contributed by atoms with Crippen LogP contribution in [-0.4, -0.2) is 61.4 Å². The monoisotopic (exact) mass is 400 g/mol. The number of carbonyl (C=O) groups excluding carboxylic acids is 4. The van der Waals surface area contributed by atoms with E-state index in [0.29, 0.717) is 0 Å². The van der Waals surface area contributed by atoms with Gasteiger partial charge in [0.25, 0.3) is 0 Å². The van der Waals surface area contributed by atoms with Crippen LogP contribution in [0.2, 0.25) is 0 Å². The second-order valence-electron chi connectivity index (χ2n) is 5.69. The first-order chi connectivity index (χ1) is 13.2. The van der Waals surface area contributed by atoms with E-state index in [1.807, 2.05) is 0 Å². The van der Waals surface area contributed by atoms with Crippen molar-refractivity contribution in [2.24, 2.45) is 5.41 Å². The van der Waals surface area contributed by atoms with Gasteiger partial charge in [-0.3, -0.25) is 14.4 Å². The molecule has 28 heavy (non-hydrogen) atoms. The van der Waals surface area contributed by atoms with Gasteiger partial charge >= 0.3 is 29.8 Å². The minimum absolute atomic E-state index is 0.0629. The Hall–Kier alpha value is -3.17. The van der Waals surface area contributed by atoms with Gasteiger partial charge in [0.2, 0.25) is 0 Å². The Kier molecular flexibility index (Phi) is 11.6. The first kappa shape index (κ1) is 24.8. The van der Waals surface area contributed by atoms with Crippen molar-refractivity contribution in [2.75, 3.05) is 26.4 Å². The lowest BCUT2D eigenvalue weighted by molar-refractivity contribution is -0.168. The zero-order valence-electron chi connectivity index (χ0n) is 15.6. The van der Waals surface area contributed by atoms with E-state index in [9.17, 15) is 24.0 Å². The van der Waals surface area contributed by atoms with Crippen molar-refractivity contribution in [3.63, 3.8) is 0 Å². The summed E-state index contributed by atoms with van der Waals surface area (Å²) >= 11 is 0. The molecule has 156 valence electrons. The molecule has 0 radical (unpaired) electrons. The lowest BCUT2D eigenvalue weighted by Crippen LogP contribution is -2.43. The van der Waals surface area contributed by atoms with E-state index in [0.717, 1.165) is 12.2 Å². The van der Waals surface area contributed by atoms with E-state index in [2.05, 4.69) is 13.2 Å². The van der Waals surface area contributed by atoms with Gasteiger partial charge in [0.05, 0.1) is 12.8 Å². The van der Waals surface area contributed by atoms with Crippen LogP contribution >= 0.6 is 0 Å². The predicted molar refractivity (Wildman–Crippen MR) is 93.8 cm³/mol. The highest BCUT2D eigenvalue weighted by Gasteiger charge is 2.37. The largest absolute Gasteiger partial charge is 0.481 e. The maximum absolute atomic E-state index is 11.7. The smallest absolute Gasteiger partial charge is 0.330 e. The van der Waals surface area contributed by atoms with Crippen molar-refractivity contribution < 1.29 is 48.0 Å². The summed E-state index contributed by atoms with van der Waals surface area (Å²) in [5, 5.41) is 8.61. The number of hydrogen-bond acceptors (Lipinski definition) is 9. The van der Waals surface area contributed by atoms with Crippen LogP contribution in [0, 0.1) is 5.41 Å². The number of carboxylic acid groups (broad SMARTS) is 1. The fourth-order valence-corrected chi connectivity index (χ4v) is 1.67. The number of ether oxygens (including phenoxy) is 4. The summed E-state index contributed by atoms with van der Waals surface area (Å²) < 4.78 is 20.0. The molecule has 0 fully saturated rings. The van der Waals surface area contributed by atoms with Crippen molar-refractivity contribution in [1.29, 1.82) is 0 Å². The van der Waals surface area contributed by atoms with Gasteiger partial charge < -0.3 is 24.1 Å². The third-order valence-electron chi connectivity index (χ3n) is 3.28. The third kappa shape index (κ3) is 10.7. The fraction of sp³-hybridized carbons (Fsp3) is 0.500. The number of carbonyl (C=O) groups is 5. The average Bonchev–Trinajstić information content (AvgIpc) is 2.69. The van der Waals surface area contributed by atoms with Crippen LogP contribution in [0.25, 0.3) is 0 Å². The van der Waals surface area contributed by atoms with Crippen molar-refractivity contribution in [1.82, 2.24) is 0 Å². The van der Waals surface area contributed by atoms with Crippen molar-refractivity contribution in [3.8, 4) is 0 Å². The number of esters is 4. The topological polar surface area (TPSA) is 142 Å². The molecule has 0 bridgehead atoms. The highest BCUT2D eigenvalue weighted by molar-refractivity contribution is 5.81. The summed E-state index contributed by atoms with van der Waals surface area (Å²) in [5.41, 5.74) is -1.40. The lowest BCUT2D eigenvalue weighted by Gasteiger charge is -2.31. The van der Waals surface area contributed by atoms with Gasteiger partial charge in [0, 0.05) is 18.6 Å². The maximum atomic E-state index is 11.7. The first-order valence-electron chi connectivity index (χ1n) is 8.29. The van der Waals surface area contributed by atoms with Gasteiger partial charge in [-0.05, 0) is 0 Å². The Balaban J connectivity index is 5.33. The van der Waals surface area contributed by atoms with Crippen LogP contribution in [0.1, 0.15) is 26.2 Å². The van der Waals surface area contributed by atoms with Crippen LogP contribution in [0.3, 0.4) is 0 Å². The van der Waals surface area contributed by atoms with Crippen molar-refractivity contribution >= 4 is 29.8 Å². The minimum atomic E-state index is -1.40. The van der Waals surface area contributed by atoms with Gasteiger partial charge in [0.15, 0.2) is 0 Å². The molecular formula is C18H24O10. The molecule has 0 aromatic heterocycles. The molecule has 0 amide bonds. The second-order valence-corrected chi connectivity index (χ2v) is 5.69. The Bertz CT molecular complexity index is 583. The minimum Gasteiger partial charge on any atom is -0.481 e. The molecule has 0 aromatic rings. The summed E-state index contributed by atoms with van der Waals surface area (Å²) in [5.74, 6) is -4.18. The molecule has 0 aliphatic rings. The zero-order chi connectivity index (χ0) is 21.6. The molecule has 10 nitrogen and oxygen atoms in total. The molecule has 0 atom stereocenters. The maximum Gasteiger partial charge on any atom is 0.330 e. The van der Waals surface area contributed by atoms with Crippen LogP contribution in [0.5, 0.6) is 0 Å². The van der Waals surface area contributed by atoms with E-state index in [1.54, 1.807) is 6.92 Å². The Morgan fingerprint density at radius 2 is 1.21 bits per heavy atom. The van der Waals surface area contributed by atoms with Gasteiger partial charge in [-0.25, -0.2) is 9.59 Å².